The second-order valence-corrected chi connectivity index (χ2v) is 9.28. The Labute approximate surface area is 211 Å². The van der Waals surface area contributed by atoms with Gasteiger partial charge in [0, 0.05) is 17.6 Å². The predicted molar refractivity (Wildman–Crippen MR) is 128 cm³/mol. The van der Waals surface area contributed by atoms with Gasteiger partial charge in [-0.05, 0) is 30.7 Å². The molecule has 4 N–H and O–H groups in total. The lowest BCUT2D eigenvalue weighted by atomic mass is 9.91. The van der Waals surface area contributed by atoms with E-state index in [9.17, 15) is 0 Å². The highest BCUT2D eigenvalue weighted by molar-refractivity contribution is 6.35. The van der Waals surface area contributed by atoms with E-state index in [2.05, 4.69) is 20.2 Å². The highest BCUT2D eigenvalue weighted by atomic mass is 35.5. The van der Waals surface area contributed by atoms with Crippen LogP contribution in [0.2, 0.25) is 10.0 Å². The SMILES string of the molecule is Cn1nc(N)nc1C1(N)C=CC(OCC2COC(Cn3cncn3)(c3ccc(Cl)cc3Cl)O2)=CC1. The lowest BCUT2D eigenvalue weighted by Crippen LogP contribution is -2.38. The molecule has 1 saturated heterocycles. The van der Waals surface area contributed by atoms with Crippen LogP contribution in [0.4, 0.5) is 5.95 Å². The van der Waals surface area contributed by atoms with E-state index in [-0.39, 0.29) is 25.2 Å². The number of hydrogen-bond acceptors (Lipinski definition) is 9. The molecule has 0 spiro atoms. The molecule has 3 aromatic rings. The number of rotatable bonds is 7. The fourth-order valence-corrected chi connectivity index (χ4v) is 4.74. The summed E-state index contributed by atoms with van der Waals surface area (Å²) in [6.45, 7) is 0.808. The second-order valence-electron chi connectivity index (χ2n) is 8.43. The number of allylic oxidation sites excluding steroid dienone is 1. The van der Waals surface area contributed by atoms with E-state index < -0.39 is 11.3 Å². The molecule has 11 nitrogen and oxygen atoms in total. The van der Waals surface area contributed by atoms with E-state index in [4.69, 9.17) is 48.9 Å². The number of anilines is 1. The zero-order chi connectivity index (χ0) is 24.6. The number of nitrogens with zero attached hydrogens (tertiary/aromatic N) is 6. The largest absolute Gasteiger partial charge is 0.491 e. The summed E-state index contributed by atoms with van der Waals surface area (Å²) in [5.74, 6) is 0.257. The van der Waals surface area contributed by atoms with Gasteiger partial charge in [-0.25, -0.2) is 14.3 Å². The van der Waals surface area contributed by atoms with Crippen molar-refractivity contribution >= 4 is 29.2 Å². The summed E-state index contributed by atoms with van der Waals surface area (Å²) in [7, 11) is 1.76. The first-order valence-corrected chi connectivity index (χ1v) is 11.6. The first-order chi connectivity index (χ1) is 16.8. The quantitative estimate of drug-likeness (QED) is 0.481. The molecular weight excluding hydrogens is 495 g/mol. The minimum atomic E-state index is -1.17. The zero-order valence-electron chi connectivity index (χ0n) is 18.8. The third-order valence-electron chi connectivity index (χ3n) is 5.86. The molecule has 5 rings (SSSR count). The molecule has 3 heterocycles. The molecule has 2 aromatic heterocycles. The molecule has 1 aromatic carbocycles. The molecule has 0 amide bonds. The number of benzene rings is 1. The average Bonchev–Trinajstić information content (AvgIpc) is 3.55. The summed E-state index contributed by atoms with van der Waals surface area (Å²) in [5, 5.41) is 9.21. The average molecular weight is 519 g/mol. The maximum absolute atomic E-state index is 6.52. The summed E-state index contributed by atoms with van der Waals surface area (Å²) in [6.07, 6.45) is 8.69. The fraction of sp³-hybridized carbons (Fsp3) is 0.364. The predicted octanol–water partition coefficient (Wildman–Crippen LogP) is 2.28. The van der Waals surface area contributed by atoms with Crippen LogP contribution in [0.3, 0.4) is 0 Å². The van der Waals surface area contributed by atoms with Crippen LogP contribution in [0, 0.1) is 0 Å². The Bertz CT molecular complexity index is 1280. The van der Waals surface area contributed by atoms with Crippen LogP contribution >= 0.6 is 23.2 Å². The van der Waals surface area contributed by atoms with E-state index in [0.717, 1.165) is 0 Å². The van der Waals surface area contributed by atoms with Crippen molar-refractivity contribution in [1.82, 2.24) is 29.5 Å². The number of hydrogen-bond donors (Lipinski definition) is 2. The summed E-state index contributed by atoms with van der Waals surface area (Å²) >= 11 is 12.6. The van der Waals surface area contributed by atoms with Crippen molar-refractivity contribution in [2.45, 2.75) is 30.4 Å². The molecule has 0 bridgehead atoms. The van der Waals surface area contributed by atoms with Gasteiger partial charge in [-0.2, -0.15) is 10.1 Å². The van der Waals surface area contributed by atoms with Gasteiger partial charge >= 0.3 is 0 Å². The van der Waals surface area contributed by atoms with Gasteiger partial charge in [-0.1, -0.05) is 35.3 Å². The van der Waals surface area contributed by atoms with Crippen molar-refractivity contribution in [3.05, 3.63) is 76.3 Å². The zero-order valence-corrected chi connectivity index (χ0v) is 20.4. The van der Waals surface area contributed by atoms with Crippen LogP contribution < -0.4 is 11.5 Å². The molecule has 1 aliphatic heterocycles. The monoisotopic (exact) mass is 518 g/mol. The fourth-order valence-electron chi connectivity index (χ4n) is 4.19. The number of halogens is 2. The van der Waals surface area contributed by atoms with Gasteiger partial charge in [0.1, 0.15) is 37.7 Å². The standard InChI is InChI=1S/C22H24Cl2N8O3/c1-31-19(29-20(25)30-31)21(26)6-4-15(5-7-21)33-9-16-10-34-22(35-16,11-32-13-27-12-28-32)17-3-2-14(23)8-18(17)24/h2-6,8,12-13,16H,7,9-11,26H2,1H3,(H2,25,30). The Hall–Kier alpha value is -2.96. The topological polar surface area (TPSA) is 141 Å². The van der Waals surface area contributed by atoms with E-state index in [1.807, 2.05) is 18.2 Å². The lowest BCUT2D eigenvalue weighted by Gasteiger charge is -2.29. The summed E-state index contributed by atoms with van der Waals surface area (Å²) < 4.78 is 21.8. The number of ether oxygens (including phenoxy) is 3. The van der Waals surface area contributed by atoms with E-state index in [1.165, 1.54) is 6.33 Å². The van der Waals surface area contributed by atoms with Crippen molar-refractivity contribution < 1.29 is 14.2 Å². The highest BCUT2D eigenvalue weighted by Crippen LogP contribution is 2.40. The molecule has 13 heteroatoms. The van der Waals surface area contributed by atoms with Crippen molar-refractivity contribution in [3.63, 3.8) is 0 Å². The Balaban J connectivity index is 1.27. The van der Waals surface area contributed by atoms with Crippen LogP contribution in [0.5, 0.6) is 0 Å². The summed E-state index contributed by atoms with van der Waals surface area (Å²) in [4.78, 5) is 8.25. The van der Waals surface area contributed by atoms with Gasteiger partial charge in [0.05, 0.1) is 17.2 Å². The second kappa shape index (κ2) is 9.25. The minimum absolute atomic E-state index is 0.181. The van der Waals surface area contributed by atoms with E-state index in [0.29, 0.717) is 40.2 Å². The third-order valence-corrected chi connectivity index (χ3v) is 6.40. The molecule has 35 heavy (non-hydrogen) atoms. The molecular formula is C22H24Cl2N8O3. The molecule has 0 radical (unpaired) electrons. The maximum atomic E-state index is 6.52. The Morgan fingerprint density at radius 3 is 2.83 bits per heavy atom. The molecule has 0 saturated carbocycles. The van der Waals surface area contributed by atoms with Gasteiger partial charge in [0.25, 0.3) is 0 Å². The van der Waals surface area contributed by atoms with Crippen LogP contribution in [0.25, 0.3) is 0 Å². The van der Waals surface area contributed by atoms with Crippen molar-refractivity contribution in [3.8, 4) is 0 Å². The first kappa shape index (κ1) is 23.8. The van der Waals surface area contributed by atoms with Gasteiger partial charge in [0.15, 0.2) is 5.82 Å². The van der Waals surface area contributed by atoms with Crippen molar-refractivity contribution in [2.24, 2.45) is 12.8 Å². The molecule has 3 atom stereocenters. The van der Waals surface area contributed by atoms with Crippen molar-refractivity contribution in [1.29, 1.82) is 0 Å². The smallest absolute Gasteiger partial charge is 0.239 e. The molecule has 1 aliphatic carbocycles. The van der Waals surface area contributed by atoms with Gasteiger partial charge in [-0.3, -0.25) is 0 Å². The number of aromatic nitrogens is 6. The van der Waals surface area contributed by atoms with Crippen LogP contribution in [-0.4, -0.2) is 48.8 Å². The van der Waals surface area contributed by atoms with Crippen LogP contribution in [0.1, 0.15) is 17.8 Å². The molecule has 2 aliphatic rings. The summed E-state index contributed by atoms with van der Waals surface area (Å²) in [5.41, 5.74) is 12.0. The Kier molecular flexibility index (Phi) is 6.28. The van der Waals surface area contributed by atoms with Gasteiger partial charge < -0.3 is 25.7 Å². The number of nitrogen functional groups attached to an aromatic ring is 1. The third kappa shape index (κ3) is 4.78. The highest BCUT2D eigenvalue weighted by Gasteiger charge is 2.45. The molecule has 184 valence electrons. The lowest BCUT2D eigenvalue weighted by molar-refractivity contribution is -0.191. The van der Waals surface area contributed by atoms with Crippen molar-refractivity contribution in [2.75, 3.05) is 18.9 Å². The minimum Gasteiger partial charge on any atom is -0.491 e. The van der Waals surface area contributed by atoms with Crippen LogP contribution in [0.15, 0.2) is 54.8 Å². The molecule has 1 fully saturated rings. The van der Waals surface area contributed by atoms with E-state index in [1.54, 1.807) is 40.9 Å². The molecule has 3 unspecified atom stereocenters. The Morgan fingerprint density at radius 2 is 2.17 bits per heavy atom. The first-order valence-electron chi connectivity index (χ1n) is 10.8. The number of nitrogens with two attached hydrogens (primary N) is 2. The van der Waals surface area contributed by atoms with E-state index >= 15 is 0 Å². The Morgan fingerprint density at radius 1 is 1.31 bits per heavy atom. The van der Waals surface area contributed by atoms with Crippen LogP contribution in [-0.2, 0) is 39.1 Å². The number of aryl methyl sites for hydroxylation is 1. The van der Waals surface area contributed by atoms with Gasteiger partial charge in [-0.15, -0.1) is 5.10 Å². The normalized spacial score (nSPS) is 26.2. The maximum Gasteiger partial charge on any atom is 0.239 e. The summed E-state index contributed by atoms with van der Waals surface area (Å²) in [6, 6.07) is 5.18. The van der Waals surface area contributed by atoms with Gasteiger partial charge in [0.2, 0.25) is 11.7 Å².